The Morgan fingerprint density at radius 2 is 1.68 bits per heavy atom. The molecule has 0 saturated carbocycles. The van der Waals surface area contributed by atoms with Crippen molar-refractivity contribution in [2.24, 2.45) is 0 Å². The van der Waals surface area contributed by atoms with E-state index in [9.17, 15) is 35.7 Å². The van der Waals surface area contributed by atoms with Crippen molar-refractivity contribution in [1.82, 2.24) is 0 Å². The van der Waals surface area contributed by atoms with E-state index in [4.69, 9.17) is 18.9 Å². The molecule has 0 radical (unpaired) electrons. The predicted octanol–water partition coefficient (Wildman–Crippen LogP) is -0.0878. The lowest BCUT2D eigenvalue weighted by molar-refractivity contribution is -0.277. The van der Waals surface area contributed by atoms with E-state index in [1.165, 1.54) is 26.4 Å². The molecule has 1 aliphatic rings. The van der Waals surface area contributed by atoms with E-state index in [1.807, 2.05) is 0 Å². The summed E-state index contributed by atoms with van der Waals surface area (Å²) in [5.74, 6) is -0.0162. The Balaban J connectivity index is 2.06. The van der Waals surface area contributed by atoms with Crippen LogP contribution in [0.1, 0.15) is 22.6 Å². The van der Waals surface area contributed by atoms with E-state index in [2.05, 4.69) is 0 Å². The highest BCUT2D eigenvalue weighted by molar-refractivity contribution is 5.60. The molecule has 0 aliphatic carbocycles. The van der Waals surface area contributed by atoms with Gasteiger partial charge in [0, 0.05) is 11.5 Å². The first-order valence-electron chi connectivity index (χ1n) is 11.7. The first-order valence-corrected chi connectivity index (χ1v) is 11.7. The SMILES string of the molecule is COc1cc(C[C@H](CO)c2cc(/C=C/CO)cc(OC)c2O[C@@H]2O[C@H](CO)[C@@H](O)[C@H](O)[C@H]2O)ccc1O. The first-order chi connectivity index (χ1) is 17.8. The third-order valence-electron chi connectivity index (χ3n) is 6.21. The van der Waals surface area contributed by atoms with Gasteiger partial charge in [0.15, 0.2) is 23.0 Å². The number of phenols is 1. The van der Waals surface area contributed by atoms with Crippen LogP contribution in [0.4, 0.5) is 0 Å². The van der Waals surface area contributed by atoms with E-state index < -0.39 is 43.2 Å². The lowest BCUT2D eigenvalue weighted by atomic mass is 9.90. The van der Waals surface area contributed by atoms with Gasteiger partial charge in [-0.2, -0.15) is 0 Å². The molecule has 1 saturated heterocycles. The van der Waals surface area contributed by atoms with Crippen LogP contribution in [0.2, 0.25) is 0 Å². The molecule has 7 N–H and O–H groups in total. The highest BCUT2D eigenvalue weighted by atomic mass is 16.7. The predicted molar refractivity (Wildman–Crippen MR) is 132 cm³/mol. The van der Waals surface area contributed by atoms with Gasteiger partial charge in [-0.15, -0.1) is 0 Å². The summed E-state index contributed by atoms with van der Waals surface area (Å²) in [7, 11) is 2.83. The van der Waals surface area contributed by atoms with Crippen molar-refractivity contribution < 1.29 is 54.7 Å². The second-order valence-corrected chi connectivity index (χ2v) is 8.63. The van der Waals surface area contributed by atoms with Crippen molar-refractivity contribution >= 4 is 6.08 Å². The van der Waals surface area contributed by atoms with E-state index in [0.29, 0.717) is 11.1 Å². The van der Waals surface area contributed by atoms with E-state index in [-0.39, 0.29) is 42.6 Å². The molecular weight excluding hydrogens is 488 g/mol. The number of hydrogen-bond donors (Lipinski definition) is 7. The van der Waals surface area contributed by atoms with Crippen molar-refractivity contribution in [2.75, 3.05) is 34.0 Å². The third kappa shape index (κ3) is 6.51. The van der Waals surface area contributed by atoms with E-state index >= 15 is 0 Å². The molecule has 1 aliphatic heterocycles. The van der Waals surface area contributed by atoms with Gasteiger partial charge >= 0.3 is 0 Å². The van der Waals surface area contributed by atoms with Crippen molar-refractivity contribution in [2.45, 2.75) is 43.0 Å². The fourth-order valence-corrected chi connectivity index (χ4v) is 4.20. The van der Waals surface area contributed by atoms with Gasteiger partial charge in [0.2, 0.25) is 6.29 Å². The Morgan fingerprint density at radius 1 is 0.946 bits per heavy atom. The standard InChI is InChI=1S/C26H34O11/c1-34-19-10-15(5-6-18(19)30)8-16(12-28)17-9-14(4-3-7-27)11-20(35-2)25(17)37-26-24(33)23(32)22(31)21(13-29)36-26/h3-6,9-11,16,21-24,26-33H,7-8,12-13H2,1-2H3/b4-3+/t16-,21-,22-,23+,24-,26+/m1/s1. The Morgan fingerprint density at radius 3 is 2.30 bits per heavy atom. The molecule has 3 rings (SSSR count). The zero-order valence-corrected chi connectivity index (χ0v) is 20.6. The maximum absolute atomic E-state index is 10.5. The van der Waals surface area contributed by atoms with Crippen LogP contribution in [0.25, 0.3) is 6.08 Å². The molecule has 204 valence electrons. The number of benzene rings is 2. The number of aliphatic hydroxyl groups excluding tert-OH is 6. The van der Waals surface area contributed by atoms with E-state index in [0.717, 1.165) is 5.56 Å². The molecule has 2 aromatic rings. The zero-order valence-electron chi connectivity index (χ0n) is 20.6. The zero-order chi connectivity index (χ0) is 27.1. The number of phenolic OH excluding ortho intramolecular Hbond substituents is 1. The largest absolute Gasteiger partial charge is 0.504 e. The van der Waals surface area contributed by atoms with Crippen LogP contribution < -0.4 is 14.2 Å². The van der Waals surface area contributed by atoms with Gasteiger partial charge in [0.25, 0.3) is 0 Å². The molecule has 0 bridgehead atoms. The number of ether oxygens (including phenoxy) is 4. The van der Waals surface area contributed by atoms with Crippen LogP contribution in [0.3, 0.4) is 0 Å². The van der Waals surface area contributed by atoms with Crippen LogP contribution in [0, 0.1) is 0 Å². The summed E-state index contributed by atoms with van der Waals surface area (Å²) >= 11 is 0. The molecule has 0 unspecified atom stereocenters. The quantitative estimate of drug-likeness (QED) is 0.210. The van der Waals surface area contributed by atoms with Gasteiger partial charge in [-0.05, 0) is 41.8 Å². The summed E-state index contributed by atoms with van der Waals surface area (Å²) in [6.45, 7) is -1.15. The lowest BCUT2D eigenvalue weighted by Gasteiger charge is -2.40. The minimum atomic E-state index is -1.65. The fraction of sp³-hybridized carbons (Fsp3) is 0.462. The van der Waals surface area contributed by atoms with Gasteiger partial charge in [-0.3, -0.25) is 0 Å². The molecule has 11 heteroatoms. The third-order valence-corrected chi connectivity index (χ3v) is 6.21. The van der Waals surface area contributed by atoms with Crippen molar-refractivity contribution in [1.29, 1.82) is 0 Å². The Labute approximate surface area is 214 Å². The monoisotopic (exact) mass is 522 g/mol. The molecule has 0 aromatic heterocycles. The van der Waals surface area contributed by atoms with Crippen LogP contribution >= 0.6 is 0 Å². The Kier molecular flexibility index (Phi) is 10.1. The molecule has 0 amide bonds. The minimum absolute atomic E-state index is 0.0313. The highest BCUT2D eigenvalue weighted by Gasteiger charge is 2.45. The van der Waals surface area contributed by atoms with Crippen LogP contribution in [-0.2, 0) is 11.2 Å². The summed E-state index contributed by atoms with van der Waals surface area (Å²) in [5.41, 5.74) is 1.83. The molecule has 1 fully saturated rings. The molecule has 2 aromatic carbocycles. The highest BCUT2D eigenvalue weighted by Crippen LogP contribution is 2.41. The summed E-state index contributed by atoms with van der Waals surface area (Å²) < 4.78 is 22.2. The first kappa shape index (κ1) is 28.7. The van der Waals surface area contributed by atoms with Gasteiger partial charge < -0.3 is 54.7 Å². The molecule has 6 atom stereocenters. The Hall–Kier alpha value is -2.90. The molecule has 0 spiro atoms. The normalized spacial score (nSPS) is 24.7. The molecule has 37 heavy (non-hydrogen) atoms. The number of hydrogen-bond acceptors (Lipinski definition) is 11. The summed E-state index contributed by atoms with van der Waals surface area (Å²) in [6, 6.07) is 8.14. The van der Waals surface area contributed by atoms with Gasteiger partial charge in [-0.25, -0.2) is 0 Å². The Bertz CT molecular complexity index is 1060. The summed E-state index contributed by atoms with van der Waals surface area (Å²) in [6.07, 6.45) is -4.04. The number of aliphatic hydroxyl groups is 6. The van der Waals surface area contributed by atoms with Crippen LogP contribution in [0.15, 0.2) is 36.4 Å². The fourth-order valence-electron chi connectivity index (χ4n) is 4.20. The van der Waals surface area contributed by atoms with Crippen molar-refractivity contribution in [3.8, 4) is 23.0 Å². The summed E-state index contributed by atoms with van der Waals surface area (Å²) in [4.78, 5) is 0. The topological polar surface area (TPSA) is 179 Å². The van der Waals surface area contributed by atoms with E-state index in [1.54, 1.807) is 30.3 Å². The van der Waals surface area contributed by atoms with Crippen molar-refractivity contribution in [3.63, 3.8) is 0 Å². The number of aromatic hydroxyl groups is 1. The number of methoxy groups -OCH3 is 2. The lowest BCUT2D eigenvalue weighted by Crippen LogP contribution is -2.60. The maximum atomic E-state index is 10.5. The minimum Gasteiger partial charge on any atom is -0.504 e. The average molecular weight is 523 g/mol. The average Bonchev–Trinajstić information content (AvgIpc) is 2.91. The van der Waals surface area contributed by atoms with Gasteiger partial charge in [0.05, 0.1) is 34.0 Å². The van der Waals surface area contributed by atoms with Crippen LogP contribution in [0.5, 0.6) is 23.0 Å². The second kappa shape index (κ2) is 13.1. The molecular formula is C26H34O11. The summed E-state index contributed by atoms with van der Waals surface area (Å²) in [5, 5.41) is 69.9. The molecule has 1 heterocycles. The maximum Gasteiger partial charge on any atom is 0.229 e. The number of rotatable bonds is 11. The molecule has 11 nitrogen and oxygen atoms in total. The van der Waals surface area contributed by atoms with Gasteiger partial charge in [0.1, 0.15) is 24.4 Å². The second-order valence-electron chi connectivity index (χ2n) is 8.63. The van der Waals surface area contributed by atoms with Gasteiger partial charge in [-0.1, -0.05) is 18.2 Å². The smallest absolute Gasteiger partial charge is 0.229 e. The van der Waals surface area contributed by atoms with Crippen molar-refractivity contribution in [3.05, 3.63) is 53.1 Å². The van der Waals surface area contributed by atoms with Crippen LogP contribution in [-0.4, -0.2) is 100 Å².